The van der Waals surface area contributed by atoms with Gasteiger partial charge in [-0.05, 0) is 32.4 Å². The first-order valence-corrected chi connectivity index (χ1v) is 9.99. The predicted octanol–water partition coefficient (Wildman–Crippen LogP) is 2.44. The van der Waals surface area contributed by atoms with Crippen LogP contribution >= 0.6 is 11.3 Å². The molecule has 0 aromatic carbocycles. The Bertz CT molecular complexity index is 1050. The van der Waals surface area contributed by atoms with Crippen LogP contribution in [0, 0.1) is 19.8 Å². The van der Waals surface area contributed by atoms with Crippen molar-refractivity contribution in [2.75, 3.05) is 11.9 Å². The van der Waals surface area contributed by atoms with E-state index in [0.29, 0.717) is 36.6 Å². The average Bonchev–Trinajstić information content (AvgIpc) is 3.34. The Balaban J connectivity index is 1.38. The van der Waals surface area contributed by atoms with Gasteiger partial charge in [-0.2, -0.15) is 0 Å². The van der Waals surface area contributed by atoms with Gasteiger partial charge in [0.25, 0.3) is 5.56 Å². The zero-order chi connectivity index (χ0) is 19.7. The summed E-state index contributed by atoms with van der Waals surface area (Å²) in [5, 5.41) is 17.1. The van der Waals surface area contributed by atoms with Crippen LogP contribution in [0.5, 0.6) is 5.88 Å². The van der Waals surface area contributed by atoms with Gasteiger partial charge in [0, 0.05) is 36.3 Å². The largest absolute Gasteiger partial charge is 0.476 e. The van der Waals surface area contributed by atoms with E-state index < -0.39 is 0 Å². The van der Waals surface area contributed by atoms with E-state index in [0.717, 1.165) is 27.8 Å². The molecule has 0 saturated heterocycles. The second-order valence-corrected chi connectivity index (χ2v) is 8.28. The van der Waals surface area contributed by atoms with E-state index >= 15 is 0 Å². The zero-order valence-corrected chi connectivity index (χ0v) is 16.9. The third-order valence-corrected chi connectivity index (χ3v) is 5.53. The molecule has 0 aliphatic heterocycles. The van der Waals surface area contributed by atoms with Crippen LogP contribution in [0.2, 0.25) is 0 Å². The normalized spacial score (nSPS) is 18.1. The molecule has 9 heteroatoms. The Hall–Kier alpha value is -2.81. The minimum atomic E-state index is -0.207. The molecule has 146 valence electrons. The molecule has 0 spiro atoms. The molecule has 1 N–H and O–H groups in total. The molecule has 28 heavy (non-hydrogen) atoms. The van der Waals surface area contributed by atoms with Crippen LogP contribution in [0.4, 0.5) is 5.69 Å². The number of hydrogen-bond donors (Lipinski definition) is 1. The van der Waals surface area contributed by atoms with Gasteiger partial charge < -0.3 is 10.1 Å². The summed E-state index contributed by atoms with van der Waals surface area (Å²) >= 11 is 1.50. The van der Waals surface area contributed by atoms with Crippen molar-refractivity contribution in [3.8, 4) is 5.88 Å². The molecular formula is C19H22N6O2S. The second kappa shape index (κ2) is 7.67. The van der Waals surface area contributed by atoms with E-state index in [2.05, 4.69) is 31.7 Å². The Kier molecular flexibility index (Phi) is 5.08. The van der Waals surface area contributed by atoms with Gasteiger partial charge in [0.05, 0.1) is 13.2 Å². The molecule has 8 nitrogen and oxygen atoms in total. The summed E-state index contributed by atoms with van der Waals surface area (Å²) in [6.45, 7) is 4.90. The smallest absolute Gasteiger partial charge is 0.290 e. The maximum atomic E-state index is 12.3. The summed E-state index contributed by atoms with van der Waals surface area (Å²) in [4.78, 5) is 16.9. The van der Waals surface area contributed by atoms with Gasteiger partial charge in [-0.3, -0.25) is 9.78 Å². The zero-order valence-electron chi connectivity index (χ0n) is 16.0. The molecule has 2 atom stereocenters. The van der Waals surface area contributed by atoms with Crippen LogP contribution < -0.4 is 15.6 Å². The number of aromatic nitrogens is 5. The highest BCUT2D eigenvalue weighted by molar-refractivity contribution is 7.11. The van der Waals surface area contributed by atoms with Crippen LogP contribution in [-0.4, -0.2) is 31.6 Å². The highest BCUT2D eigenvalue weighted by Gasteiger charge is 2.40. The van der Waals surface area contributed by atoms with Gasteiger partial charge in [0.1, 0.15) is 15.7 Å². The standard InChI is InChI=1S/C19H22N6O2S/c1-11-5-4-6-15(21-11)14-7-13(14)10-27-17-8-16(19(26)25(3)24-17)20-9-18-23-22-12(2)28-18/h4-6,8,13-14,20H,7,9-10H2,1-3H3/t13-,14+/m1/s1. The van der Waals surface area contributed by atoms with E-state index in [-0.39, 0.29) is 5.56 Å². The number of nitrogens with zero attached hydrogens (tertiary/aromatic N) is 5. The van der Waals surface area contributed by atoms with Crippen molar-refractivity contribution < 1.29 is 4.74 Å². The number of anilines is 1. The topological polar surface area (TPSA) is 94.8 Å². The molecule has 1 fully saturated rings. The Morgan fingerprint density at radius 2 is 2.18 bits per heavy atom. The first kappa shape index (κ1) is 18.5. The number of pyridine rings is 1. The van der Waals surface area contributed by atoms with E-state index in [1.165, 1.54) is 16.0 Å². The molecule has 3 heterocycles. The van der Waals surface area contributed by atoms with E-state index in [1.54, 1.807) is 13.1 Å². The maximum absolute atomic E-state index is 12.3. The van der Waals surface area contributed by atoms with Crippen molar-refractivity contribution in [3.63, 3.8) is 0 Å². The van der Waals surface area contributed by atoms with Crippen LogP contribution in [0.15, 0.2) is 29.1 Å². The SMILES string of the molecule is Cc1cccc([C@H]2C[C@@H]2COc2cc(NCc3nnc(C)s3)c(=O)n(C)n2)n1. The molecule has 0 unspecified atom stereocenters. The summed E-state index contributed by atoms with van der Waals surface area (Å²) in [6.07, 6.45) is 1.06. The van der Waals surface area contributed by atoms with Crippen molar-refractivity contribution in [1.82, 2.24) is 25.0 Å². The summed E-state index contributed by atoms with van der Waals surface area (Å²) in [5.41, 5.74) is 2.39. The first-order valence-electron chi connectivity index (χ1n) is 9.17. The molecule has 1 saturated carbocycles. The summed E-state index contributed by atoms with van der Waals surface area (Å²) in [7, 11) is 1.62. The average molecular weight is 398 g/mol. The van der Waals surface area contributed by atoms with Crippen molar-refractivity contribution in [2.45, 2.75) is 32.7 Å². The fourth-order valence-electron chi connectivity index (χ4n) is 3.12. The fraction of sp³-hybridized carbons (Fsp3) is 0.421. The lowest BCUT2D eigenvalue weighted by atomic mass is 10.2. The Morgan fingerprint density at radius 1 is 1.32 bits per heavy atom. The lowest BCUT2D eigenvalue weighted by Gasteiger charge is -2.10. The third kappa shape index (κ3) is 4.19. The van der Waals surface area contributed by atoms with Crippen LogP contribution in [0.1, 0.15) is 33.7 Å². The Labute approximate surface area is 166 Å². The third-order valence-electron chi connectivity index (χ3n) is 4.70. The number of ether oxygens (including phenoxy) is 1. The molecule has 0 amide bonds. The van der Waals surface area contributed by atoms with Crippen molar-refractivity contribution in [2.24, 2.45) is 13.0 Å². The molecule has 4 rings (SSSR count). The number of nitrogens with one attached hydrogen (secondary N) is 1. The minimum absolute atomic E-state index is 0.207. The van der Waals surface area contributed by atoms with Gasteiger partial charge >= 0.3 is 0 Å². The number of aryl methyl sites for hydroxylation is 3. The lowest BCUT2D eigenvalue weighted by Crippen LogP contribution is -2.24. The molecule has 1 aliphatic carbocycles. The van der Waals surface area contributed by atoms with Crippen LogP contribution in [0.3, 0.4) is 0 Å². The highest BCUT2D eigenvalue weighted by Crippen LogP contribution is 2.46. The first-order chi connectivity index (χ1) is 13.5. The monoisotopic (exact) mass is 398 g/mol. The molecule has 0 radical (unpaired) electrons. The second-order valence-electron chi connectivity index (χ2n) is 7.01. The molecule has 0 bridgehead atoms. The fourth-order valence-corrected chi connectivity index (χ4v) is 3.76. The highest BCUT2D eigenvalue weighted by atomic mass is 32.1. The van der Waals surface area contributed by atoms with Crippen molar-refractivity contribution >= 4 is 17.0 Å². The summed E-state index contributed by atoms with van der Waals surface area (Å²) in [5.74, 6) is 1.29. The lowest BCUT2D eigenvalue weighted by molar-refractivity contribution is 0.278. The van der Waals surface area contributed by atoms with Gasteiger partial charge in [0.15, 0.2) is 0 Å². The molecular weight excluding hydrogens is 376 g/mol. The van der Waals surface area contributed by atoms with Gasteiger partial charge in [-0.1, -0.05) is 17.4 Å². The van der Waals surface area contributed by atoms with Crippen LogP contribution in [-0.2, 0) is 13.6 Å². The molecule has 3 aromatic rings. The Morgan fingerprint density at radius 3 is 2.93 bits per heavy atom. The maximum Gasteiger partial charge on any atom is 0.290 e. The predicted molar refractivity (Wildman–Crippen MR) is 107 cm³/mol. The van der Waals surface area contributed by atoms with Gasteiger partial charge in [-0.25, -0.2) is 4.68 Å². The van der Waals surface area contributed by atoms with Gasteiger partial charge in [0.2, 0.25) is 5.88 Å². The quantitative estimate of drug-likeness (QED) is 0.653. The van der Waals surface area contributed by atoms with E-state index in [4.69, 9.17) is 4.74 Å². The number of rotatable bonds is 7. The van der Waals surface area contributed by atoms with Crippen molar-refractivity contribution in [1.29, 1.82) is 0 Å². The minimum Gasteiger partial charge on any atom is -0.476 e. The van der Waals surface area contributed by atoms with Crippen molar-refractivity contribution in [3.05, 3.63) is 56.0 Å². The van der Waals surface area contributed by atoms with Crippen LogP contribution in [0.25, 0.3) is 0 Å². The van der Waals surface area contributed by atoms with E-state index in [1.807, 2.05) is 26.0 Å². The summed E-state index contributed by atoms with van der Waals surface area (Å²) < 4.78 is 7.17. The summed E-state index contributed by atoms with van der Waals surface area (Å²) in [6, 6.07) is 7.77. The number of hydrogen-bond acceptors (Lipinski definition) is 8. The van der Waals surface area contributed by atoms with E-state index in [9.17, 15) is 4.79 Å². The molecule has 1 aliphatic rings. The van der Waals surface area contributed by atoms with Gasteiger partial charge in [-0.15, -0.1) is 15.3 Å². The molecule has 3 aromatic heterocycles.